The lowest BCUT2D eigenvalue weighted by Gasteiger charge is -2.15. The highest BCUT2D eigenvalue weighted by atomic mass is 16.5. The number of ketones is 1. The van der Waals surface area contributed by atoms with Crippen LogP contribution in [0.4, 0.5) is 5.69 Å². The van der Waals surface area contributed by atoms with Gasteiger partial charge in [-0.05, 0) is 31.2 Å². The Bertz CT molecular complexity index is 836. The first-order valence-corrected chi connectivity index (χ1v) is 7.76. The van der Waals surface area contributed by atoms with Crippen LogP contribution in [0, 0.1) is 12.3 Å². The molecule has 0 bridgehead atoms. The van der Waals surface area contributed by atoms with E-state index in [9.17, 15) is 4.79 Å². The summed E-state index contributed by atoms with van der Waals surface area (Å²) in [5.74, 6) is 1.13. The van der Waals surface area contributed by atoms with Crippen LogP contribution in [-0.4, -0.2) is 39.9 Å². The summed E-state index contributed by atoms with van der Waals surface area (Å²) in [5.41, 5.74) is 7.43. The van der Waals surface area contributed by atoms with E-state index in [1.54, 1.807) is 19.1 Å². The summed E-state index contributed by atoms with van der Waals surface area (Å²) in [6.45, 7) is 1.77. The topological polar surface area (TPSA) is 104 Å². The monoisotopic (exact) mass is 358 g/mol. The zero-order valence-electron chi connectivity index (χ0n) is 15.4. The summed E-state index contributed by atoms with van der Waals surface area (Å²) >= 11 is 0. The number of Topliss-reactive ketones (excluding diaryl/α,β-unsaturated/α-hetero) is 1. The van der Waals surface area contributed by atoms with Crippen molar-refractivity contribution >= 4 is 17.2 Å². The number of nitrogens with two attached hydrogens (primary N) is 1. The lowest BCUT2D eigenvalue weighted by molar-refractivity contribution is 0.106. The van der Waals surface area contributed by atoms with Crippen molar-refractivity contribution < 1.29 is 23.7 Å². The van der Waals surface area contributed by atoms with Crippen LogP contribution in [0.25, 0.3) is 0 Å². The Kier molecular flexibility index (Phi) is 5.71. The standard InChI is InChI=1S/C19H22N2O5/c1-10-13(23-2)7-6-12(16(10)20)17(21)18(22)11-8-14(24-3)19(26-5)15(9-11)25-4/h6-9,21H,20H2,1-5H3. The molecule has 7 nitrogen and oxygen atoms in total. The van der Waals surface area contributed by atoms with Crippen LogP contribution in [0.1, 0.15) is 21.5 Å². The molecule has 0 amide bonds. The predicted molar refractivity (Wildman–Crippen MR) is 99.4 cm³/mol. The number of anilines is 1. The number of hydrogen-bond donors (Lipinski definition) is 2. The minimum atomic E-state index is -0.513. The molecule has 0 aliphatic heterocycles. The van der Waals surface area contributed by atoms with E-state index in [-0.39, 0.29) is 11.3 Å². The number of nitrogens with one attached hydrogen (secondary N) is 1. The zero-order valence-corrected chi connectivity index (χ0v) is 15.4. The molecule has 0 radical (unpaired) electrons. The molecule has 3 N–H and O–H groups in total. The first-order valence-electron chi connectivity index (χ1n) is 7.76. The maximum atomic E-state index is 12.8. The average molecular weight is 358 g/mol. The molecular formula is C19H22N2O5. The molecule has 0 saturated heterocycles. The number of rotatable bonds is 7. The van der Waals surface area contributed by atoms with E-state index in [1.807, 2.05) is 0 Å². The third-order valence-electron chi connectivity index (χ3n) is 4.11. The van der Waals surface area contributed by atoms with Crippen LogP contribution < -0.4 is 24.7 Å². The van der Waals surface area contributed by atoms with Gasteiger partial charge in [-0.1, -0.05) is 0 Å². The Balaban J connectivity index is 2.49. The fraction of sp³-hybridized carbons (Fsp3) is 0.263. The van der Waals surface area contributed by atoms with Crippen molar-refractivity contribution in [3.8, 4) is 23.0 Å². The van der Waals surface area contributed by atoms with Gasteiger partial charge in [0.25, 0.3) is 0 Å². The molecule has 7 heteroatoms. The fourth-order valence-electron chi connectivity index (χ4n) is 2.63. The van der Waals surface area contributed by atoms with Crippen LogP contribution in [0.15, 0.2) is 24.3 Å². The highest BCUT2D eigenvalue weighted by Gasteiger charge is 2.22. The Hall–Kier alpha value is -3.22. The van der Waals surface area contributed by atoms with E-state index in [4.69, 9.17) is 30.1 Å². The van der Waals surface area contributed by atoms with Gasteiger partial charge >= 0.3 is 0 Å². The van der Waals surface area contributed by atoms with Gasteiger partial charge in [0.05, 0.1) is 28.4 Å². The largest absolute Gasteiger partial charge is 0.496 e. The number of ether oxygens (including phenoxy) is 4. The summed E-state index contributed by atoms with van der Waals surface area (Å²) < 4.78 is 21.0. The summed E-state index contributed by atoms with van der Waals surface area (Å²) in [6.07, 6.45) is 0. The summed E-state index contributed by atoms with van der Waals surface area (Å²) in [6, 6.07) is 6.28. The summed E-state index contributed by atoms with van der Waals surface area (Å²) in [5, 5.41) is 8.31. The van der Waals surface area contributed by atoms with Gasteiger partial charge in [-0.3, -0.25) is 10.2 Å². The molecule has 0 spiro atoms. The van der Waals surface area contributed by atoms with Crippen molar-refractivity contribution in [2.45, 2.75) is 6.92 Å². The molecule has 0 heterocycles. The van der Waals surface area contributed by atoms with Gasteiger partial charge in [0.2, 0.25) is 11.5 Å². The minimum absolute atomic E-state index is 0.234. The molecule has 0 saturated carbocycles. The maximum absolute atomic E-state index is 12.8. The molecule has 0 fully saturated rings. The number of methoxy groups -OCH3 is 4. The molecule has 2 rings (SSSR count). The summed E-state index contributed by atoms with van der Waals surface area (Å²) in [7, 11) is 5.93. The SMILES string of the molecule is COc1ccc(C(=N)C(=O)c2cc(OC)c(OC)c(OC)c2)c(N)c1C. The second kappa shape index (κ2) is 7.77. The van der Waals surface area contributed by atoms with Gasteiger partial charge in [0, 0.05) is 22.4 Å². The van der Waals surface area contributed by atoms with Crippen molar-refractivity contribution in [3.05, 3.63) is 41.0 Å². The molecule has 2 aromatic rings. The van der Waals surface area contributed by atoms with Crippen molar-refractivity contribution in [2.75, 3.05) is 34.2 Å². The Morgan fingerprint density at radius 1 is 0.923 bits per heavy atom. The van der Waals surface area contributed by atoms with E-state index in [1.165, 1.54) is 40.6 Å². The van der Waals surface area contributed by atoms with Crippen molar-refractivity contribution in [1.29, 1.82) is 5.41 Å². The van der Waals surface area contributed by atoms with Crippen LogP contribution >= 0.6 is 0 Å². The predicted octanol–water partition coefficient (Wildman–Crippen LogP) is 2.86. The first-order chi connectivity index (χ1) is 12.4. The van der Waals surface area contributed by atoms with Gasteiger partial charge < -0.3 is 24.7 Å². The van der Waals surface area contributed by atoms with E-state index in [2.05, 4.69) is 0 Å². The van der Waals surface area contributed by atoms with Gasteiger partial charge in [0.15, 0.2) is 11.5 Å². The second-order valence-corrected chi connectivity index (χ2v) is 5.47. The Morgan fingerprint density at radius 2 is 1.46 bits per heavy atom. The molecule has 0 aromatic heterocycles. The first kappa shape index (κ1) is 19.1. The third-order valence-corrected chi connectivity index (χ3v) is 4.11. The number of carbonyl (C=O) groups excluding carboxylic acids is 1. The maximum Gasteiger partial charge on any atom is 0.211 e. The zero-order chi connectivity index (χ0) is 19.4. The Labute approximate surface area is 152 Å². The quantitative estimate of drug-likeness (QED) is 0.448. The smallest absolute Gasteiger partial charge is 0.211 e. The third kappa shape index (κ3) is 3.28. The van der Waals surface area contributed by atoms with E-state index in [0.717, 1.165) is 0 Å². The molecule has 26 heavy (non-hydrogen) atoms. The molecular weight excluding hydrogens is 336 g/mol. The minimum Gasteiger partial charge on any atom is -0.496 e. The number of hydrogen-bond acceptors (Lipinski definition) is 7. The number of nitrogen functional groups attached to an aromatic ring is 1. The fourth-order valence-corrected chi connectivity index (χ4v) is 2.63. The van der Waals surface area contributed by atoms with Crippen LogP contribution in [0.3, 0.4) is 0 Å². The van der Waals surface area contributed by atoms with E-state index < -0.39 is 5.78 Å². The van der Waals surface area contributed by atoms with Crippen LogP contribution in [-0.2, 0) is 0 Å². The molecule has 2 aromatic carbocycles. The number of benzene rings is 2. The lowest BCUT2D eigenvalue weighted by Crippen LogP contribution is -2.17. The molecule has 138 valence electrons. The normalized spacial score (nSPS) is 10.2. The van der Waals surface area contributed by atoms with E-state index >= 15 is 0 Å². The van der Waals surface area contributed by atoms with Gasteiger partial charge in [0.1, 0.15) is 11.5 Å². The van der Waals surface area contributed by atoms with Crippen LogP contribution in [0.2, 0.25) is 0 Å². The molecule has 0 unspecified atom stereocenters. The van der Waals surface area contributed by atoms with E-state index in [0.29, 0.717) is 39.8 Å². The lowest BCUT2D eigenvalue weighted by atomic mass is 9.96. The van der Waals surface area contributed by atoms with Crippen molar-refractivity contribution in [3.63, 3.8) is 0 Å². The van der Waals surface area contributed by atoms with Gasteiger partial charge in [-0.25, -0.2) is 0 Å². The molecule has 0 aliphatic carbocycles. The van der Waals surface area contributed by atoms with Gasteiger partial charge in [-0.2, -0.15) is 0 Å². The molecule has 0 aliphatic rings. The van der Waals surface area contributed by atoms with Crippen molar-refractivity contribution in [1.82, 2.24) is 0 Å². The highest BCUT2D eigenvalue weighted by molar-refractivity contribution is 6.51. The second-order valence-electron chi connectivity index (χ2n) is 5.47. The van der Waals surface area contributed by atoms with Crippen molar-refractivity contribution in [2.24, 2.45) is 0 Å². The highest BCUT2D eigenvalue weighted by Crippen LogP contribution is 2.38. The van der Waals surface area contributed by atoms with Crippen LogP contribution in [0.5, 0.6) is 23.0 Å². The molecule has 0 atom stereocenters. The number of carbonyl (C=O) groups is 1. The van der Waals surface area contributed by atoms with Gasteiger partial charge in [-0.15, -0.1) is 0 Å². The average Bonchev–Trinajstić information content (AvgIpc) is 2.67. The Morgan fingerprint density at radius 3 is 1.92 bits per heavy atom. The summed E-state index contributed by atoms with van der Waals surface area (Å²) in [4.78, 5) is 12.8.